The molecule has 1 aliphatic carbocycles. The Hall–Kier alpha value is -1.95. The number of benzene rings is 1. The average Bonchev–Trinajstić information content (AvgIpc) is 2.40. The predicted molar refractivity (Wildman–Crippen MR) is 81.0 cm³/mol. The summed E-state index contributed by atoms with van der Waals surface area (Å²) in [5, 5.41) is 13.7. The first-order valence-electron chi connectivity index (χ1n) is 7.18. The number of hydrogen-bond donors (Lipinski definition) is 2. The van der Waals surface area contributed by atoms with Gasteiger partial charge in [-0.25, -0.2) is 0 Å². The maximum atomic E-state index is 12.5. The van der Waals surface area contributed by atoms with Gasteiger partial charge in [-0.15, -0.1) is 0 Å². The van der Waals surface area contributed by atoms with Gasteiger partial charge in [-0.05, 0) is 31.7 Å². The van der Waals surface area contributed by atoms with Crippen molar-refractivity contribution in [3.63, 3.8) is 0 Å². The second kappa shape index (κ2) is 5.81. The van der Waals surface area contributed by atoms with E-state index < -0.39 is 10.5 Å². The van der Waals surface area contributed by atoms with Gasteiger partial charge in [-0.2, -0.15) is 0 Å². The lowest BCUT2D eigenvalue weighted by Crippen LogP contribution is -2.53. The van der Waals surface area contributed by atoms with Crippen LogP contribution >= 0.6 is 0 Å². The van der Waals surface area contributed by atoms with Gasteiger partial charge in [0.2, 0.25) is 5.91 Å². The van der Waals surface area contributed by atoms with Crippen molar-refractivity contribution in [2.24, 2.45) is 11.7 Å². The van der Waals surface area contributed by atoms with Gasteiger partial charge in [-0.1, -0.05) is 25.8 Å². The number of hydrogen-bond acceptors (Lipinski definition) is 4. The van der Waals surface area contributed by atoms with E-state index >= 15 is 0 Å². The zero-order valence-corrected chi connectivity index (χ0v) is 12.4. The summed E-state index contributed by atoms with van der Waals surface area (Å²) in [6.45, 7) is 3.72. The van der Waals surface area contributed by atoms with Crippen molar-refractivity contribution in [1.29, 1.82) is 0 Å². The van der Waals surface area contributed by atoms with Gasteiger partial charge in [0.15, 0.2) is 0 Å². The van der Waals surface area contributed by atoms with Crippen LogP contribution in [0.3, 0.4) is 0 Å². The standard InChI is InChI=1S/C15H21N3O3/c1-10-5-4-8-15(16,9-10)14(19)17-12-6-3-7-13(11(12)2)18(20)21/h3,6-7,10H,4-5,8-9,16H2,1-2H3,(H,17,19). The molecule has 0 saturated heterocycles. The van der Waals surface area contributed by atoms with E-state index in [1.165, 1.54) is 6.07 Å². The molecular formula is C15H21N3O3. The van der Waals surface area contributed by atoms with E-state index in [-0.39, 0.29) is 11.6 Å². The molecular weight excluding hydrogens is 270 g/mol. The minimum Gasteiger partial charge on any atom is -0.324 e. The van der Waals surface area contributed by atoms with E-state index in [9.17, 15) is 14.9 Å². The average molecular weight is 291 g/mol. The van der Waals surface area contributed by atoms with E-state index in [0.29, 0.717) is 30.0 Å². The lowest BCUT2D eigenvalue weighted by molar-refractivity contribution is -0.385. The SMILES string of the molecule is Cc1c(NC(=O)C2(N)CCCC(C)C2)cccc1[N+](=O)[O-]. The second-order valence-electron chi connectivity index (χ2n) is 6.02. The second-order valence-corrected chi connectivity index (χ2v) is 6.02. The van der Waals surface area contributed by atoms with E-state index in [1.54, 1.807) is 19.1 Å². The molecule has 0 bridgehead atoms. The first kappa shape index (κ1) is 15.4. The Labute approximate surface area is 123 Å². The fourth-order valence-corrected chi connectivity index (χ4v) is 3.00. The number of amides is 1. The van der Waals surface area contributed by atoms with E-state index in [2.05, 4.69) is 12.2 Å². The number of nitro benzene ring substituents is 1. The zero-order valence-electron chi connectivity index (χ0n) is 12.4. The van der Waals surface area contributed by atoms with Crippen LogP contribution in [0.4, 0.5) is 11.4 Å². The maximum absolute atomic E-state index is 12.5. The molecule has 0 spiro atoms. The van der Waals surface area contributed by atoms with E-state index in [4.69, 9.17) is 5.73 Å². The smallest absolute Gasteiger partial charge is 0.274 e. The van der Waals surface area contributed by atoms with Gasteiger partial charge in [-0.3, -0.25) is 14.9 Å². The number of nitrogens with two attached hydrogens (primary N) is 1. The highest BCUT2D eigenvalue weighted by atomic mass is 16.6. The van der Waals surface area contributed by atoms with Crippen LogP contribution < -0.4 is 11.1 Å². The lowest BCUT2D eigenvalue weighted by atomic mass is 9.76. The van der Waals surface area contributed by atoms with Gasteiger partial charge >= 0.3 is 0 Å². The fraction of sp³-hybridized carbons (Fsp3) is 0.533. The van der Waals surface area contributed by atoms with Crippen molar-refractivity contribution in [3.8, 4) is 0 Å². The molecule has 1 amide bonds. The summed E-state index contributed by atoms with van der Waals surface area (Å²) in [5.74, 6) is 0.165. The molecule has 0 aromatic heterocycles. The van der Waals surface area contributed by atoms with Crippen LogP contribution in [-0.4, -0.2) is 16.4 Å². The molecule has 2 rings (SSSR count). The maximum Gasteiger partial charge on any atom is 0.274 e. The number of carbonyl (C=O) groups excluding carboxylic acids is 1. The molecule has 3 N–H and O–H groups in total. The normalized spacial score (nSPS) is 25.4. The summed E-state index contributed by atoms with van der Waals surface area (Å²) in [6.07, 6.45) is 3.31. The van der Waals surface area contributed by atoms with Gasteiger partial charge in [0.05, 0.1) is 21.7 Å². The van der Waals surface area contributed by atoms with Crippen LogP contribution in [0.1, 0.15) is 38.2 Å². The molecule has 0 aliphatic heterocycles. The van der Waals surface area contributed by atoms with Crippen molar-refractivity contribution >= 4 is 17.3 Å². The Morgan fingerprint density at radius 3 is 2.86 bits per heavy atom. The molecule has 6 nitrogen and oxygen atoms in total. The minimum atomic E-state index is -0.880. The number of nitro groups is 1. The fourth-order valence-electron chi connectivity index (χ4n) is 3.00. The van der Waals surface area contributed by atoms with Crippen molar-refractivity contribution in [2.45, 2.75) is 45.1 Å². The quantitative estimate of drug-likeness (QED) is 0.660. The summed E-state index contributed by atoms with van der Waals surface area (Å²) in [6, 6.07) is 4.65. The molecule has 1 aliphatic rings. The van der Waals surface area contributed by atoms with Crippen LogP contribution in [0.2, 0.25) is 0 Å². The summed E-state index contributed by atoms with van der Waals surface area (Å²) < 4.78 is 0. The molecule has 114 valence electrons. The van der Waals surface area contributed by atoms with Crippen LogP contribution in [-0.2, 0) is 4.79 Å². The van der Waals surface area contributed by atoms with E-state index in [1.807, 2.05) is 0 Å². The number of carbonyl (C=O) groups is 1. The molecule has 21 heavy (non-hydrogen) atoms. The number of rotatable bonds is 3. The monoisotopic (exact) mass is 291 g/mol. The number of nitrogens with zero attached hydrogens (tertiary/aromatic N) is 1. The largest absolute Gasteiger partial charge is 0.324 e. The predicted octanol–water partition coefficient (Wildman–Crippen LogP) is 2.75. The molecule has 2 unspecified atom stereocenters. The highest BCUT2D eigenvalue weighted by molar-refractivity contribution is 5.98. The third kappa shape index (κ3) is 3.21. The first-order valence-corrected chi connectivity index (χ1v) is 7.18. The Bertz CT molecular complexity index is 573. The summed E-state index contributed by atoms with van der Waals surface area (Å²) in [7, 11) is 0. The third-order valence-corrected chi connectivity index (χ3v) is 4.23. The zero-order chi connectivity index (χ0) is 15.6. The number of nitrogens with one attached hydrogen (secondary N) is 1. The molecule has 1 fully saturated rings. The molecule has 1 aromatic rings. The van der Waals surface area contributed by atoms with E-state index in [0.717, 1.165) is 12.8 Å². The Morgan fingerprint density at radius 2 is 2.24 bits per heavy atom. The summed E-state index contributed by atoms with van der Waals surface area (Å²) in [5.41, 5.74) is 6.26. The van der Waals surface area contributed by atoms with Gasteiger partial charge in [0.25, 0.3) is 5.69 Å². The minimum absolute atomic E-state index is 0.00381. The Morgan fingerprint density at radius 1 is 1.52 bits per heavy atom. The van der Waals surface area contributed by atoms with Gasteiger partial charge in [0.1, 0.15) is 0 Å². The Kier molecular flexibility index (Phi) is 4.27. The van der Waals surface area contributed by atoms with Crippen molar-refractivity contribution in [1.82, 2.24) is 0 Å². The number of anilines is 1. The van der Waals surface area contributed by atoms with Gasteiger partial charge < -0.3 is 11.1 Å². The van der Waals surface area contributed by atoms with Crippen molar-refractivity contribution < 1.29 is 9.72 Å². The van der Waals surface area contributed by atoms with Crippen LogP contribution in [0.15, 0.2) is 18.2 Å². The van der Waals surface area contributed by atoms with Crippen molar-refractivity contribution in [3.05, 3.63) is 33.9 Å². The highest BCUT2D eigenvalue weighted by Gasteiger charge is 2.38. The van der Waals surface area contributed by atoms with Crippen LogP contribution in [0, 0.1) is 23.0 Å². The lowest BCUT2D eigenvalue weighted by Gasteiger charge is -2.35. The highest BCUT2D eigenvalue weighted by Crippen LogP contribution is 2.32. The molecule has 2 atom stereocenters. The molecule has 1 aromatic carbocycles. The molecule has 1 saturated carbocycles. The van der Waals surface area contributed by atoms with Crippen molar-refractivity contribution in [2.75, 3.05) is 5.32 Å². The van der Waals surface area contributed by atoms with Gasteiger partial charge in [0, 0.05) is 6.07 Å². The Balaban J connectivity index is 2.20. The summed E-state index contributed by atoms with van der Waals surface area (Å²) in [4.78, 5) is 22.9. The molecule has 6 heteroatoms. The molecule has 0 heterocycles. The third-order valence-electron chi connectivity index (χ3n) is 4.23. The topological polar surface area (TPSA) is 98.3 Å². The summed E-state index contributed by atoms with van der Waals surface area (Å²) >= 11 is 0. The van der Waals surface area contributed by atoms with Crippen LogP contribution in [0.25, 0.3) is 0 Å². The first-order chi connectivity index (χ1) is 9.83. The van der Waals surface area contributed by atoms with Crippen LogP contribution in [0.5, 0.6) is 0 Å². The molecule has 0 radical (unpaired) electrons.